The maximum absolute atomic E-state index is 12.5. The highest BCUT2D eigenvalue weighted by atomic mass is 16.5. The molecule has 7 heteroatoms. The zero-order chi connectivity index (χ0) is 17.2. The van der Waals surface area contributed by atoms with E-state index < -0.39 is 12.0 Å². The van der Waals surface area contributed by atoms with Crippen LogP contribution >= 0.6 is 0 Å². The van der Waals surface area contributed by atoms with E-state index in [4.69, 9.17) is 9.84 Å². The lowest BCUT2D eigenvalue weighted by atomic mass is 10.0. The molecule has 0 spiro atoms. The van der Waals surface area contributed by atoms with Gasteiger partial charge >= 0.3 is 5.97 Å². The Hall–Kier alpha value is -2.25. The van der Waals surface area contributed by atoms with Crippen LogP contribution in [0.4, 0.5) is 5.69 Å². The van der Waals surface area contributed by atoms with Gasteiger partial charge in [0, 0.05) is 24.7 Å². The summed E-state index contributed by atoms with van der Waals surface area (Å²) in [5, 5.41) is 14.3. The minimum Gasteiger partial charge on any atom is -0.466 e. The number of carbonyl (C=O) groups excluding carboxylic acids is 3. The number of rotatable bonds is 9. The second-order valence-electron chi connectivity index (χ2n) is 4.86. The van der Waals surface area contributed by atoms with Crippen molar-refractivity contribution in [3.63, 3.8) is 0 Å². The normalized spacial score (nSPS) is 11.6. The first-order chi connectivity index (χ1) is 11.0. The molecule has 3 N–H and O–H groups in total. The minimum absolute atomic E-state index is 0.111. The summed E-state index contributed by atoms with van der Waals surface area (Å²) < 4.78 is 4.86. The number of esters is 1. The number of amides is 1. The molecule has 126 valence electrons. The molecule has 1 aromatic carbocycles. The lowest BCUT2D eigenvalue weighted by molar-refractivity contribution is -0.143. The van der Waals surface area contributed by atoms with E-state index in [1.165, 1.54) is 6.92 Å². The van der Waals surface area contributed by atoms with Crippen molar-refractivity contribution in [1.29, 1.82) is 0 Å². The fourth-order valence-electron chi connectivity index (χ4n) is 2.01. The number of anilines is 1. The molecule has 0 aliphatic carbocycles. The number of aliphatic hydroxyl groups excluding tert-OH is 1. The summed E-state index contributed by atoms with van der Waals surface area (Å²) in [7, 11) is 0. The zero-order valence-electron chi connectivity index (χ0n) is 13.3. The maximum Gasteiger partial charge on any atom is 0.307 e. The lowest BCUT2D eigenvalue weighted by Gasteiger charge is -2.16. The summed E-state index contributed by atoms with van der Waals surface area (Å²) in [4.78, 5) is 35.1. The van der Waals surface area contributed by atoms with E-state index in [-0.39, 0.29) is 37.9 Å². The van der Waals surface area contributed by atoms with Gasteiger partial charge in [0.05, 0.1) is 25.7 Å². The third kappa shape index (κ3) is 6.58. The third-order valence-electron chi connectivity index (χ3n) is 2.98. The van der Waals surface area contributed by atoms with Crippen molar-refractivity contribution in [3.8, 4) is 0 Å². The monoisotopic (exact) mass is 322 g/mol. The number of ketones is 1. The number of carbonyl (C=O) groups is 3. The molecule has 7 nitrogen and oxygen atoms in total. The van der Waals surface area contributed by atoms with Crippen LogP contribution in [0.2, 0.25) is 0 Å². The van der Waals surface area contributed by atoms with Crippen molar-refractivity contribution in [2.75, 3.05) is 25.1 Å². The van der Waals surface area contributed by atoms with Crippen LogP contribution in [0.3, 0.4) is 0 Å². The SMILES string of the molecule is CCOC(=O)CC(NCCO)C(=O)c1ccc(NC(C)=O)cc1. The van der Waals surface area contributed by atoms with Crippen LogP contribution in [0, 0.1) is 0 Å². The lowest BCUT2D eigenvalue weighted by Crippen LogP contribution is -2.40. The second kappa shape index (κ2) is 9.70. The van der Waals surface area contributed by atoms with E-state index in [0.29, 0.717) is 11.3 Å². The van der Waals surface area contributed by atoms with Crippen LogP contribution in [0.25, 0.3) is 0 Å². The van der Waals surface area contributed by atoms with Gasteiger partial charge in [-0.2, -0.15) is 0 Å². The van der Waals surface area contributed by atoms with E-state index in [9.17, 15) is 14.4 Å². The molecular weight excluding hydrogens is 300 g/mol. The Morgan fingerprint density at radius 2 is 1.87 bits per heavy atom. The fourth-order valence-corrected chi connectivity index (χ4v) is 2.01. The number of ether oxygens (including phenoxy) is 1. The molecule has 1 amide bonds. The Morgan fingerprint density at radius 1 is 1.22 bits per heavy atom. The largest absolute Gasteiger partial charge is 0.466 e. The molecule has 0 aromatic heterocycles. The number of Topliss-reactive ketones (excluding diaryl/α,β-unsaturated/α-hetero) is 1. The summed E-state index contributed by atoms with van der Waals surface area (Å²) in [6.07, 6.45) is -0.111. The van der Waals surface area contributed by atoms with Gasteiger partial charge in [-0.1, -0.05) is 0 Å². The molecule has 1 atom stereocenters. The van der Waals surface area contributed by atoms with E-state index in [2.05, 4.69) is 10.6 Å². The first kappa shape index (κ1) is 18.8. The molecule has 0 aliphatic rings. The summed E-state index contributed by atoms with van der Waals surface area (Å²) >= 11 is 0. The van der Waals surface area contributed by atoms with E-state index in [1.54, 1.807) is 31.2 Å². The summed E-state index contributed by atoms with van der Waals surface area (Å²) in [6, 6.07) is 5.61. The zero-order valence-corrected chi connectivity index (χ0v) is 13.3. The predicted molar refractivity (Wildman–Crippen MR) is 85.2 cm³/mol. The topological polar surface area (TPSA) is 105 Å². The molecule has 1 unspecified atom stereocenters. The van der Waals surface area contributed by atoms with Crippen LogP contribution in [0.1, 0.15) is 30.6 Å². The van der Waals surface area contributed by atoms with Crippen LogP contribution < -0.4 is 10.6 Å². The molecule has 0 bridgehead atoms. The standard InChI is InChI=1S/C16H22N2O5/c1-3-23-15(21)10-14(17-8-9-19)16(22)12-4-6-13(7-5-12)18-11(2)20/h4-7,14,17,19H,3,8-10H2,1-2H3,(H,18,20). The molecule has 0 saturated carbocycles. The highest BCUT2D eigenvalue weighted by Crippen LogP contribution is 2.13. The minimum atomic E-state index is -0.771. The first-order valence-corrected chi connectivity index (χ1v) is 7.39. The number of benzene rings is 1. The molecule has 1 aromatic rings. The van der Waals surface area contributed by atoms with Crippen LogP contribution in [-0.4, -0.2) is 48.6 Å². The number of hydrogen-bond acceptors (Lipinski definition) is 6. The van der Waals surface area contributed by atoms with Crippen molar-refractivity contribution in [3.05, 3.63) is 29.8 Å². The van der Waals surface area contributed by atoms with Crippen molar-refractivity contribution in [2.45, 2.75) is 26.3 Å². The van der Waals surface area contributed by atoms with Crippen molar-refractivity contribution in [2.24, 2.45) is 0 Å². The van der Waals surface area contributed by atoms with Crippen LogP contribution in [0.15, 0.2) is 24.3 Å². The van der Waals surface area contributed by atoms with Crippen LogP contribution in [-0.2, 0) is 14.3 Å². The molecule has 0 saturated heterocycles. The molecule has 23 heavy (non-hydrogen) atoms. The van der Waals surface area contributed by atoms with Gasteiger partial charge in [-0.05, 0) is 31.2 Å². The van der Waals surface area contributed by atoms with E-state index in [1.807, 2.05) is 0 Å². The number of aliphatic hydroxyl groups is 1. The first-order valence-electron chi connectivity index (χ1n) is 7.39. The van der Waals surface area contributed by atoms with Gasteiger partial charge in [0.25, 0.3) is 0 Å². The third-order valence-corrected chi connectivity index (χ3v) is 2.98. The van der Waals surface area contributed by atoms with Crippen LogP contribution in [0.5, 0.6) is 0 Å². The average Bonchev–Trinajstić information content (AvgIpc) is 2.51. The quantitative estimate of drug-likeness (QED) is 0.457. The van der Waals surface area contributed by atoms with Crippen molar-refractivity contribution in [1.82, 2.24) is 5.32 Å². The number of nitrogens with one attached hydrogen (secondary N) is 2. The summed E-state index contributed by atoms with van der Waals surface area (Å²) in [5.74, 6) is -0.957. The molecule has 1 rings (SSSR count). The molecular formula is C16H22N2O5. The molecule has 0 radical (unpaired) electrons. The smallest absolute Gasteiger partial charge is 0.307 e. The Labute approximate surface area is 135 Å². The van der Waals surface area contributed by atoms with Crippen molar-refractivity contribution < 1.29 is 24.2 Å². The van der Waals surface area contributed by atoms with Gasteiger partial charge in [-0.25, -0.2) is 0 Å². The molecule has 0 aliphatic heterocycles. The Morgan fingerprint density at radius 3 is 2.39 bits per heavy atom. The predicted octanol–water partition coefficient (Wildman–Crippen LogP) is 0.731. The molecule has 0 fully saturated rings. The molecule has 0 heterocycles. The summed E-state index contributed by atoms with van der Waals surface area (Å²) in [6.45, 7) is 3.38. The van der Waals surface area contributed by atoms with Gasteiger partial charge in [-0.3, -0.25) is 14.4 Å². The number of hydrogen-bond donors (Lipinski definition) is 3. The maximum atomic E-state index is 12.5. The van der Waals surface area contributed by atoms with Crippen molar-refractivity contribution >= 4 is 23.3 Å². The van der Waals surface area contributed by atoms with Gasteiger partial charge in [0.2, 0.25) is 5.91 Å². The highest BCUT2D eigenvalue weighted by Gasteiger charge is 2.23. The van der Waals surface area contributed by atoms with Gasteiger partial charge in [0.15, 0.2) is 5.78 Å². The average molecular weight is 322 g/mol. The fraction of sp³-hybridized carbons (Fsp3) is 0.438. The Kier molecular flexibility index (Phi) is 7.93. The van der Waals surface area contributed by atoms with Gasteiger partial charge < -0.3 is 20.5 Å². The second-order valence-corrected chi connectivity index (χ2v) is 4.86. The van der Waals surface area contributed by atoms with E-state index >= 15 is 0 Å². The van der Waals surface area contributed by atoms with Gasteiger partial charge in [-0.15, -0.1) is 0 Å². The Bertz CT molecular complexity index is 542. The van der Waals surface area contributed by atoms with Gasteiger partial charge in [0.1, 0.15) is 0 Å². The van der Waals surface area contributed by atoms with E-state index in [0.717, 1.165) is 0 Å². The Balaban J connectivity index is 2.81. The highest BCUT2D eigenvalue weighted by molar-refractivity contribution is 6.02. The summed E-state index contributed by atoms with van der Waals surface area (Å²) in [5.41, 5.74) is 0.984.